The third-order valence-electron chi connectivity index (χ3n) is 3.77. The summed E-state index contributed by atoms with van der Waals surface area (Å²) in [5, 5.41) is 6.18. The number of hydrogen-bond donors (Lipinski definition) is 0. The normalized spacial score (nSPS) is 11.0. The number of rotatable bonds is 4. The summed E-state index contributed by atoms with van der Waals surface area (Å²) in [7, 11) is 0. The van der Waals surface area contributed by atoms with Gasteiger partial charge in [0.1, 0.15) is 0 Å². The Morgan fingerprint density at radius 1 is 0.917 bits per heavy atom. The molecule has 4 rings (SSSR count). The first-order chi connectivity index (χ1) is 11.8. The van der Waals surface area contributed by atoms with E-state index in [9.17, 15) is 0 Å². The second kappa shape index (κ2) is 6.45. The van der Waals surface area contributed by atoms with Gasteiger partial charge in [-0.15, -0.1) is 0 Å². The average Bonchev–Trinajstić information content (AvgIpc) is 3.09. The summed E-state index contributed by atoms with van der Waals surface area (Å²) in [6.07, 6.45) is 0. The van der Waals surface area contributed by atoms with E-state index in [4.69, 9.17) is 4.52 Å². The lowest BCUT2D eigenvalue weighted by Crippen LogP contribution is -1.87. The van der Waals surface area contributed by atoms with Crippen LogP contribution in [-0.4, -0.2) is 15.1 Å². The van der Waals surface area contributed by atoms with Gasteiger partial charge in [-0.05, 0) is 24.6 Å². The van der Waals surface area contributed by atoms with Crippen LogP contribution in [0.2, 0.25) is 0 Å². The third kappa shape index (κ3) is 3.03. The summed E-state index contributed by atoms with van der Waals surface area (Å²) in [5.41, 5.74) is 3.13. The molecule has 4 nitrogen and oxygen atoms in total. The molecular weight excluding hydrogens is 318 g/mol. The molecule has 0 aliphatic carbocycles. The highest BCUT2D eigenvalue weighted by molar-refractivity contribution is 7.98. The van der Waals surface area contributed by atoms with Crippen molar-refractivity contribution in [3.63, 3.8) is 0 Å². The van der Waals surface area contributed by atoms with E-state index < -0.39 is 0 Å². The molecule has 24 heavy (non-hydrogen) atoms. The average molecular weight is 333 g/mol. The summed E-state index contributed by atoms with van der Waals surface area (Å²) in [6.45, 7) is 2.04. The fraction of sp³-hybridized carbons (Fsp3) is 0.105. The molecule has 0 aliphatic rings. The Morgan fingerprint density at radius 2 is 1.75 bits per heavy atom. The Labute approximate surface area is 143 Å². The molecule has 2 aromatic carbocycles. The summed E-state index contributed by atoms with van der Waals surface area (Å²) in [6, 6.07) is 20.2. The van der Waals surface area contributed by atoms with E-state index in [0.717, 1.165) is 27.1 Å². The molecule has 0 spiro atoms. The van der Waals surface area contributed by atoms with E-state index in [1.54, 1.807) is 11.8 Å². The van der Waals surface area contributed by atoms with E-state index in [2.05, 4.69) is 27.3 Å². The molecule has 0 atom stereocenters. The number of benzene rings is 2. The first kappa shape index (κ1) is 14.9. The summed E-state index contributed by atoms with van der Waals surface area (Å²) >= 11 is 1.59. The maximum absolute atomic E-state index is 5.37. The van der Waals surface area contributed by atoms with Crippen LogP contribution >= 0.6 is 11.8 Å². The molecule has 2 aromatic heterocycles. The molecule has 0 saturated carbocycles. The third-order valence-corrected chi connectivity index (χ3v) is 4.68. The van der Waals surface area contributed by atoms with Crippen LogP contribution in [0.4, 0.5) is 0 Å². The lowest BCUT2D eigenvalue weighted by molar-refractivity contribution is 0.391. The molecule has 0 unspecified atom stereocenters. The minimum Gasteiger partial charge on any atom is -0.338 e. The lowest BCUT2D eigenvalue weighted by atomic mass is 10.1. The van der Waals surface area contributed by atoms with Gasteiger partial charge in [-0.25, -0.2) is 4.98 Å². The second-order valence-corrected chi connectivity index (χ2v) is 6.45. The van der Waals surface area contributed by atoms with Crippen LogP contribution in [-0.2, 0) is 5.75 Å². The molecule has 0 saturated heterocycles. The predicted molar refractivity (Wildman–Crippen MR) is 95.8 cm³/mol. The van der Waals surface area contributed by atoms with Gasteiger partial charge in [0, 0.05) is 10.9 Å². The number of pyridine rings is 1. The van der Waals surface area contributed by atoms with Gasteiger partial charge in [0.05, 0.1) is 16.3 Å². The lowest BCUT2D eigenvalue weighted by Gasteiger charge is -2.00. The number of para-hydroxylation sites is 1. The zero-order valence-electron chi connectivity index (χ0n) is 13.1. The number of aromatic nitrogens is 3. The quantitative estimate of drug-likeness (QED) is 0.498. The van der Waals surface area contributed by atoms with Crippen LogP contribution in [0.1, 0.15) is 11.5 Å². The van der Waals surface area contributed by atoms with Gasteiger partial charge in [0.2, 0.25) is 11.7 Å². The molecular formula is C19H15N3OS. The predicted octanol–water partition coefficient (Wildman–Crippen LogP) is 4.89. The molecule has 0 fully saturated rings. The van der Waals surface area contributed by atoms with E-state index in [1.165, 1.54) is 0 Å². The van der Waals surface area contributed by atoms with Gasteiger partial charge < -0.3 is 4.52 Å². The summed E-state index contributed by atoms with van der Waals surface area (Å²) in [4.78, 5) is 9.13. The zero-order valence-corrected chi connectivity index (χ0v) is 14.0. The Morgan fingerprint density at radius 3 is 2.67 bits per heavy atom. The van der Waals surface area contributed by atoms with Crippen molar-refractivity contribution in [3.05, 3.63) is 72.1 Å². The topological polar surface area (TPSA) is 51.8 Å². The summed E-state index contributed by atoms with van der Waals surface area (Å²) in [5.74, 6) is 1.84. The van der Waals surface area contributed by atoms with Gasteiger partial charge in [-0.3, -0.25) is 0 Å². The van der Waals surface area contributed by atoms with Crippen LogP contribution < -0.4 is 0 Å². The number of aryl methyl sites for hydroxylation is 1. The van der Waals surface area contributed by atoms with Gasteiger partial charge in [0.25, 0.3) is 0 Å². The second-order valence-electron chi connectivity index (χ2n) is 5.46. The highest BCUT2D eigenvalue weighted by atomic mass is 32.2. The first-order valence-electron chi connectivity index (χ1n) is 7.67. The van der Waals surface area contributed by atoms with Crippen molar-refractivity contribution in [1.82, 2.24) is 15.1 Å². The van der Waals surface area contributed by atoms with Crippen molar-refractivity contribution in [1.29, 1.82) is 0 Å². The highest BCUT2D eigenvalue weighted by Gasteiger charge is 2.11. The van der Waals surface area contributed by atoms with Gasteiger partial charge >= 0.3 is 0 Å². The standard InChI is InChI=1S/C19H15N3OS/c1-13-6-2-4-8-15(13)19-21-17(23-22-19)12-24-18-11-10-14-7-3-5-9-16(14)20-18/h2-11H,12H2,1H3. The molecule has 0 bridgehead atoms. The molecule has 4 aromatic rings. The van der Waals surface area contributed by atoms with Crippen molar-refractivity contribution in [2.24, 2.45) is 0 Å². The van der Waals surface area contributed by atoms with Crippen LogP contribution in [0.15, 0.2) is 70.2 Å². The van der Waals surface area contributed by atoms with Crippen molar-refractivity contribution >= 4 is 22.7 Å². The fourth-order valence-electron chi connectivity index (χ4n) is 2.51. The largest absolute Gasteiger partial charge is 0.338 e. The Balaban J connectivity index is 1.51. The minimum absolute atomic E-state index is 0.601. The number of hydrogen-bond acceptors (Lipinski definition) is 5. The van der Waals surface area contributed by atoms with Crippen molar-refractivity contribution in [3.8, 4) is 11.4 Å². The van der Waals surface area contributed by atoms with Crippen LogP contribution in [0.3, 0.4) is 0 Å². The summed E-state index contributed by atoms with van der Waals surface area (Å²) < 4.78 is 5.37. The van der Waals surface area contributed by atoms with Crippen molar-refractivity contribution in [2.45, 2.75) is 17.7 Å². The molecule has 0 radical (unpaired) electrons. The number of fused-ring (bicyclic) bond motifs is 1. The smallest absolute Gasteiger partial charge is 0.237 e. The van der Waals surface area contributed by atoms with Crippen molar-refractivity contribution < 1.29 is 4.52 Å². The van der Waals surface area contributed by atoms with Crippen molar-refractivity contribution in [2.75, 3.05) is 0 Å². The van der Waals surface area contributed by atoms with E-state index in [1.807, 2.05) is 55.5 Å². The Bertz CT molecular complexity index is 997. The van der Waals surface area contributed by atoms with E-state index in [0.29, 0.717) is 17.5 Å². The molecule has 118 valence electrons. The van der Waals surface area contributed by atoms with Crippen LogP contribution in [0, 0.1) is 6.92 Å². The Hall–Kier alpha value is -2.66. The minimum atomic E-state index is 0.601. The highest BCUT2D eigenvalue weighted by Crippen LogP contribution is 2.25. The molecule has 0 amide bonds. The molecule has 0 aliphatic heterocycles. The fourth-order valence-corrected chi connectivity index (χ4v) is 3.23. The van der Waals surface area contributed by atoms with Gasteiger partial charge in [0.15, 0.2) is 0 Å². The van der Waals surface area contributed by atoms with E-state index >= 15 is 0 Å². The maximum atomic E-state index is 5.37. The van der Waals surface area contributed by atoms with Gasteiger partial charge in [-0.1, -0.05) is 65.4 Å². The molecule has 5 heteroatoms. The monoisotopic (exact) mass is 333 g/mol. The van der Waals surface area contributed by atoms with Crippen LogP contribution in [0.25, 0.3) is 22.3 Å². The van der Waals surface area contributed by atoms with Gasteiger partial charge in [-0.2, -0.15) is 4.98 Å². The number of nitrogens with zero attached hydrogens (tertiary/aromatic N) is 3. The maximum Gasteiger partial charge on any atom is 0.237 e. The molecule has 2 heterocycles. The molecule has 0 N–H and O–H groups in total. The SMILES string of the molecule is Cc1ccccc1-c1noc(CSc2ccc3ccccc3n2)n1. The Kier molecular flexibility index (Phi) is 4.01. The van der Waals surface area contributed by atoms with E-state index in [-0.39, 0.29) is 0 Å². The van der Waals surface area contributed by atoms with Crippen LogP contribution in [0.5, 0.6) is 0 Å². The first-order valence-corrected chi connectivity index (χ1v) is 8.65. The number of thioether (sulfide) groups is 1. The zero-order chi connectivity index (χ0) is 16.4.